The van der Waals surface area contributed by atoms with E-state index in [-0.39, 0.29) is 12.5 Å². The van der Waals surface area contributed by atoms with Crippen LogP contribution in [0.15, 0.2) is 42.6 Å². The predicted octanol–water partition coefficient (Wildman–Crippen LogP) is 1.89. The largest absolute Gasteiger partial charge is 0.398 e. The van der Waals surface area contributed by atoms with E-state index >= 15 is 0 Å². The molecule has 1 amide bonds. The highest BCUT2D eigenvalue weighted by Crippen LogP contribution is 2.19. The number of nitrogens with two attached hydrogens (primary N) is 1. The Kier molecular flexibility index (Phi) is 3.45. The molecule has 106 valence electrons. The maximum absolute atomic E-state index is 12.1. The zero-order chi connectivity index (χ0) is 14.8. The number of nitrogens with one attached hydrogen (secondary N) is 1. The molecule has 0 bridgehead atoms. The van der Waals surface area contributed by atoms with Crippen molar-refractivity contribution >= 4 is 28.8 Å². The van der Waals surface area contributed by atoms with Crippen molar-refractivity contribution in [3.63, 3.8) is 0 Å². The number of hydrogen-bond donors (Lipinski definition) is 2. The normalized spacial score (nSPS) is 10.7. The van der Waals surface area contributed by atoms with Gasteiger partial charge in [-0.05, 0) is 30.3 Å². The first-order chi connectivity index (χ1) is 10.1. The first kappa shape index (κ1) is 13.4. The lowest BCUT2D eigenvalue weighted by Gasteiger charge is -2.05. The standard InChI is InChI=1S/C14H12ClN5O/c15-10-7-9(4-5-11(10)16)14(21)17-8-13-19-18-12-3-1-2-6-20(12)13/h1-7H,8,16H2,(H,17,21). The van der Waals surface area contributed by atoms with Gasteiger partial charge in [-0.1, -0.05) is 17.7 Å². The van der Waals surface area contributed by atoms with Crippen LogP contribution >= 0.6 is 11.6 Å². The smallest absolute Gasteiger partial charge is 0.251 e. The molecule has 21 heavy (non-hydrogen) atoms. The van der Waals surface area contributed by atoms with Crippen molar-refractivity contribution in [1.29, 1.82) is 0 Å². The SMILES string of the molecule is Nc1ccc(C(=O)NCc2nnc3ccccn23)cc1Cl. The zero-order valence-corrected chi connectivity index (χ0v) is 11.7. The molecular weight excluding hydrogens is 290 g/mol. The van der Waals surface area contributed by atoms with E-state index in [9.17, 15) is 4.79 Å². The molecule has 3 aromatic rings. The molecule has 0 aliphatic carbocycles. The Morgan fingerprint density at radius 3 is 2.95 bits per heavy atom. The number of aromatic nitrogens is 3. The number of fused-ring (bicyclic) bond motifs is 1. The Balaban J connectivity index is 1.75. The van der Waals surface area contributed by atoms with E-state index in [1.54, 1.807) is 12.1 Å². The van der Waals surface area contributed by atoms with E-state index in [1.807, 2.05) is 28.8 Å². The van der Waals surface area contributed by atoms with E-state index in [0.717, 1.165) is 5.65 Å². The molecule has 0 atom stereocenters. The summed E-state index contributed by atoms with van der Waals surface area (Å²) in [5.74, 6) is 0.407. The van der Waals surface area contributed by atoms with Gasteiger partial charge in [0.1, 0.15) is 0 Å². The maximum atomic E-state index is 12.1. The summed E-state index contributed by atoms with van der Waals surface area (Å²) in [6.07, 6.45) is 1.84. The highest BCUT2D eigenvalue weighted by atomic mass is 35.5. The van der Waals surface area contributed by atoms with Crippen molar-refractivity contribution in [3.05, 3.63) is 59.0 Å². The number of carbonyl (C=O) groups is 1. The van der Waals surface area contributed by atoms with E-state index in [1.165, 1.54) is 6.07 Å². The Hall–Kier alpha value is -2.60. The minimum atomic E-state index is -0.246. The van der Waals surface area contributed by atoms with Gasteiger partial charge in [-0.2, -0.15) is 0 Å². The second-order valence-corrected chi connectivity index (χ2v) is 4.87. The quantitative estimate of drug-likeness (QED) is 0.724. The summed E-state index contributed by atoms with van der Waals surface area (Å²) in [6, 6.07) is 10.4. The van der Waals surface area contributed by atoms with E-state index in [4.69, 9.17) is 17.3 Å². The van der Waals surface area contributed by atoms with Gasteiger partial charge in [0, 0.05) is 11.8 Å². The summed E-state index contributed by atoms with van der Waals surface area (Å²) in [7, 11) is 0. The molecule has 3 rings (SSSR count). The van der Waals surface area contributed by atoms with Crippen LogP contribution in [0.25, 0.3) is 5.65 Å². The molecule has 2 aromatic heterocycles. The van der Waals surface area contributed by atoms with Crippen molar-refractivity contribution < 1.29 is 4.79 Å². The topological polar surface area (TPSA) is 85.3 Å². The number of halogens is 1. The van der Waals surface area contributed by atoms with Crippen LogP contribution in [0, 0.1) is 0 Å². The monoisotopic (exact) mass is 301 g/mol. The van der Waals surface area contributed by atoms with Gasteiger partial charge in [-0.15, -0.1) is 10.2 Å². The molecule has 3 N–H and O–H groups in total. The Morgan fingerprint density at radius 1 is 1.29 bits per heavy atom. The molecule has 6 nitrogen and oxygen atoms in total. The molecule has 0 saturated heterocycles. The first-order valence-electron chi connectivity index (χ1n) is 6.27. The number of carbonyl (C=O) groups excluding carboxylic acids is 1. The third-order valence-corrected chi connectivity index (χ3v) is 3.38. The fourth-order valence-corrected chi connectivity index (χ4v) is 2.12. The fourth-order valence-electron chi connectivity index (χ4n) is 1.94. The summed E-state index contributed by atoms with van der Waals surface area (Å²) >= 11 is 5.90. The summed E-state index contributed by atoms with van der Waals surface area (Å²) < 4.78 is 1.82. The molecule has 0 saturated carbocycles. The lowest BCUT2D eigenvalue weighted by Crippen LogP contribution is -2.24. The summed E-state index contributed by atoms with van der Waals surface area (Å²) in [5, 5.41) is 11.2. The van der Waals surface area contributed by atoms with Crippen LogP contribution < -0.4 is 11.1 Å². The number of anilines is 1. The molecule has 0 aliphatic rings. The van der Waals surface area contributed by atoms with Crippen molar-refractivity contribution in [1.82, 2.24) is 19.9 Å². The fraction of sp³-hybridized carbons (Fsp3) is 0.0714. The molecule has 1 aromatic carbocycles. The number of pyridine rings is 1. The second-order valence-electron chi connectivity index (χ2n) is 4.46. The molecular formula is C14H12ClN5O. The molecule has 0 spiro atoms. The van der Waals surface area contributed by atoms with Crippen LogP contribution in [0.1, 0.15) is 16.2 Å². The number of nitrogen functional groups attached to an aromatic ring is 1. The first-order valence-corrected chi connectivity index (χ1v) is 6.65. The Morgan fingerprint density at radius 2 is 2.14 bits per heavy atom. The van der Waals surface area contributed by atoms with E-state index in [2.05, 4.69) is 15.5 Å². The van der Waals surface area contributed by atoms with Gasteiger partial charge in [-0.3, -0.25) is 9.20 Å². The maximum Gasteiger partial charge on any atom is 0.251 e. The van der Waals surface area contributed by atoms with E-state index in [0.29, 0.717) is 22.1 Å². The van der Waals surface area contributed by atoms with Gasteiger partial charge < -0.3 is 11.1 Å². The van der Waals surface area contributed by atoms with E-state index < -0.39 is 0 Å². The van der Waals surface area contributed by atoms with Crippen LogP contribution in [0.2, 0.25) is 5.02 Å². The van der Waals surface area contributed by atoms with Crippen molar-refractivity contribution in [2.75, 3.05) is 5.73 Å². The van der Waals surface area contributed by atoms with Crippen molar-refractivity contribution in [2.24, 2.45) is 0 Å². The Bertz CT molecular complexity index is 814. The number of amides is 1. The van der Waals surface area contributed by atoms with Gasteiger partial charge in [0.15, 0.2) is 11.5 Å². The van der Waals surface area contributed by atoms with Gasteiger partial charge in [-0.25, -0.2) is 0 Å². The average Bonchev–Trinajstić information content (AvgIpc) is 2.91. The molecule has 2 heterocycles. The van der Waals surface area contributed by atoms with Gasteiger partial charge >= 0.3 is 0 Å². The summed E-state index contributed by atoms with van der Waals surface area (Å²) in [4.78, 5) is 12.1. The summed E-state index contributed by atoms with van der Waals surface area (Å²) in [6.45, 7) is 0.270. The molecule has 0 fully saturated rings. The van der Waals surface area contributed by atoms with Crippen molar-refractivity contribution in [2.45, 2.75) is 6.54 Å². The minimum Gasteiger partial charge on any atom is -0.398 e. The lowest BCUT2D eigenvalue weighted by atomic mass is 10.2. The van der Waals surface area contributed by atoms with Crippen LogP contribution in [-0.2, 0) is 6.54 Å². The average molecular weight is 302 g/mol. The molecule has 0 aliphatic heterocycles. The predicted molar refractivity (Wildman–Crippen MR) is 80.0 cm³/mol. The number of rotatable bonds is 3. The molecule has 0 radical (unpaired) electrons. The van der Waals surface area contributed by atoms with Crippen LogP contribution in [-0.4, -0.2) is 20.5 Å². The highest BCUT2D eigenvalue weighted by molar-refractivity contribution is 6.33. The molecule has 0 unspecified atom stereocenters. The number of hydrogen-bond acceptors (Lipinski definition) is 4. The number of nitrogens with zero attached hydrogens (tertiary/aromatic N) is 3. The van der Waals surface area contributed by atoms with Crippen LogP contribution in [0.4, 0.5) is 5.69 Å². The van der Waals surface area contributed by atoms with Crippen molar-refractivity contribution in [3.8, 4) is 0 Å². The minimum absolute atomic E-state index is 0.246. The third kappa shape index (κ3) is 2.66. The van der Waals surface area contributed by atoms with Gasteiger partial charge in [0.05, 0.1) is 17.3 Å². The zero-order valence-electron chi connectivity index (χ0n) is 11.0. The van der Waals surface area contributed by atoms with Gasteiger partial charge in [0.25, 0.3) is 5.91 Å². The summed E-state index contributed by atoms with van der Waals surface area (Å²) in [5.41, 5.74) is 7.24. The lowest BCUT2D eigenvalue weighted by molar-refractivity contribution is 0.0950. The highest BCUT2D eigenvalue weighted by Gasteiger charge is 2.10. The third-order valence-electron chi connectivity index (χ3n) is 3.05. The Labute approximate surface area is 125 Å². The van der Waals surface area contributed by atoms with Gasteiger partial charge in [0.2, 0.25) is 0 Å². The molecule has 7 heteroatoms. The van der Waals surface area contributed by atoms with Crippen LogP contribution in [0.5, 0.6) is 0 Å². The number of benzene rings is 1. The second kappa shape index (κ2) is 5.41. The van der Waals surface area contributed by atoms with Crippen LogP contribution in [0.3, 0.4) is 0 Å².